The Morgan fingerprint density at radius 1 is 1.42 bits per heavy atom. The van der Waals surface area contributed by atoms with Gasteiger partial charge < -0.3 is 10.1 Å². The molecule has 2 aromatic rings. The summed E-state index contributed by atoms with van der Waals surface area (Å²) in [6, 6.07) is 4.34. The van der Waals surface area contributed by atoms with Gasteiger partial charge in [0.25, 0.3) is 0 Å². The normalized spacial score (nSPS) is 18.5. The molecule has 0 radical (unpaired) electrons. The third-order valence-corrected chi connectivity index (χ3v) is 4.46. The van der Waals surface area contributed by atoms with Gasteiger partial charge in [0.2, 0.25) is 0 Å². The number of carbonyl (C=O) groups is 1. The number of aliphatic carboxylic acids is 1. The topological polar surface area (TPSA) is 53.1 Å². The molecule has 1 unspecified atom stereocenters. The molecule has 0 bridgehead atoms. The number of hydrogen-bond acceptors (Lipinski definition) is 1. The monoisotopic (exact) mass is 257 g/mol. The molecule has 2 N–H and O–H groups in total. The van der Waals surface area contributed by atoms with E-state index in [9.17, 15) is 4.79 Å². The smallest absolute Gasteiger partial charge is 0.303 e. The average molecular weight is 257 g/mol. The van der Waals surface area contributed by atoms with E-state index in [4.69, 9.17) is 5.11 Å². The van der Waals surface area contributed by atoms with Crippen molar-refractivity contribution >= 4 is 16.9 Å². The fourth-order valence-corrected chi connectivity index (χ4v) is 3.22. The van der Waals surface area contributed by atoms with Crippen LogP contribution in [-0.2, 0) is 17.6 Å². The highest BCUT2D eigenvalue weighted by molar-refractivity contribution is 5.88. The van der Waals surface area contributed by atoms with Gasteiger partial charge in [0.05, 0.1) is 0 Å². The maximum absolute atomic E-state index is 10.9. The Hall–Kier alpha value is -1.77. The number of carboxylic acids is 1. The first kappa shape index (κ1) is 12.3. The van der Waals surface area contributed by atoms with Crippen LogP contribution >= 0.6 is 0 Å². The average Bonchev–Trinajstić information content (AvgIpc) is 2.72. The van der Waals surface area contributed by atoms with E-state index in [1.54, 1.807) is 0 Å². The zero-order valence-corrected chi connectivity index (χ0v) is 11.4. The minimum Gasteiger partial charge on any atom is -0.481 e. The number of aromatic nitrogens is 1. The summed E-state index contributed by atoms with van der Waals surface area (Å²) in [5.74, 6) is -0.397. The van der Waals surface area contributed by atoms with Crippen LogP contribution in [0, 0.1) is 19.8 Å². The molecule has 0 aliphatic heterocycles. The Bertz CT molecular complexity index is 654. The summed E-state index contributed by atoms with van der Waals surface area (Å²) in [7, 11) is 0. The van der Waals surface area contributed by atoms with Crippen molar-refractivity contribution in [1.29, 1.82) is 0 Å². The minimum absolute atomic E-state index is 0.283. The summed E-state index contributed by atoms with van der Waals surface area (Å²) in [6.45, 7) is 4.27. The van der Waals surface area contributed by atoms with E-state index in [0.717, 1.165) is 19.3 Å². The lowest BCUT2D eigenvalue weighted by Crippen LogP contribution is -2.16. The second-order valence-electron chi connectivity index (χ2n) is 5.72. The number of rotatable bonds is 2. The number of aromatic amines is 1. The van der Waals surface area contributed by atoms with Crippen molar-refractivity contribution in [3.63, 3.8) is 0 Å². The fraction of sp³-hybridized carbons (Fsp3) is 0.438. The van der Waals surface area contributed by atoms with E-state index in [-0.39, 0.29) is 12.3 Å². The molecule has 19 heavy (non-hydrogen) atoms. The van der Waals surface area contributed by atoms with Crippen LogP contribution < -0.4 is 0 Å². The molecule has 1 aromatic heterocycles. The van der Waals surface area contributed by atoms with Gasteiger partial charge in [-0.3, -0.25) is 4.79 Å². The molecule has 1 aliphatic carbocycles. The zero-order chi connectivity index (χ0) is 13.6. The van der Waals surface area contributed by atoms with Crippen LogP contribution in [0.3, 0.4) is 0 Å². The first-order chi connectivity index (χ1) is 9.06. The number of hydrogen-bond donors (Lipinski definition) is 2. The summed E-state index contributed by atoms with van der Waals surface area (Å²) >= 11 is 0. The molecule has 1 aliphatic rings. The molecule has 0 spiro atoms. The van der Waals surface area contributed by atoms with E-state index >= 15 is 0 Å². The van der Waals surface area contributed by atoms with E-state index in [1.165, 1.54) is 33.3 Å². The van der Waals surface area contributed by atoms with Crippen molar-refractivity contribution in [2.75, 3.05) is 0 Å². The van der Waals surface area contributed by atoms with E-state index in [1.807, 2.05) is 0 Å². The molecule has 0 amide bonds. The molecular formula is C16H19NO2. The van der Waals surface area contributed by atoms with Gasteiger partial charge in [-0.2, -0.15) is 0 Å². The van der Waals surface area contributed by atoms with Crippen LogP contribution in [0.4, 0.5) is 0 Å². The summed E-state index contributed by atoms with van der Waals surface area (Å²) in [6.07, 6.45) is 3.13. The van der Waals surface area contributed by atoms with Crippen LogP contribution in [0.25, 0.3) is 10.9 Å². The maximum atomic E-state index is 10.9. The highest BCUT2D eigenvalue weighted by atomic mass is 16.4. The molecule has 1 atom stereocenters. The molecule has 1 heterocycles. The Labute approximate surface area is 112 Å². The Morgan fingerprint density at radius 3 is 2.95 bits per heavy atom. The van der Waals surface area contributed by atoms with Gasteiger partial charge in [0, 0.05) is 23.0 Å². The van der Waals surface area contributed by atoms with Crippen LogP contribution in [-0.4, -0.2) is 16.1 Å². The second-order valence-corrected chi connectivity index (χ2v) is 5.72. The SMILES string of the molecule is Cc1ccc2c3c([nH]c2c1C)CCC(CC(=O)O)C3. The summed E-state index contributed by atoms with van der Waals surface area (Å²) in [5, 5.41) is 10.2. The number of H-pyrrole nitrogens is 1. The quantitative estimate of drug-likeness (QED) is 0.866. The Kier molecular flexibility index (Phi) is 2.85. The Balaban J connectivity index is 2.04. The largest absolute Gasteiger partial charge is 0.481 e. The molecule has 3 rings (SSSR count). The molecule has 0 saturated carbocycles. The van der Waals surface area contributed by atoms with Gasteiger partial charge in [-0.15, -0.1) is 0 Å². The molecule has 100 valence electrons. The third-order valence-electron chi connectivity index (χ3n) is 4.46. The standard InChI is InChI=1S/C16H19NO2/c1-9-3-5-12-13-7-11(8-15(18)19)4-6-14(13)17-16(12)10(9)2/h3,5,11,17H,4,6-8H2,1-2H3,(H,18,19). The molecule has 1 aromatic carbocycles. The van der Waals surface area contributed by atoms with Gasteiger partial charge in [0.15, 0.2) is 0 Å². The van der Waals surface area contributed by atoms with E-state index < -0.39 is 5.97 Å². The summed E-state index contributed by atoms with van der Waals surface area (Å²) < 4.78 is 0. The molecule has 3 nitrogen and oxygen atoms in total. The van der Waals surface area contributed by atoms with E-state index in [0.29, 0.717) is 0 Å². The van der Waals surface area contributed by atoms with Crippen molar-refractivity contribution < 1.29 is 9.90 Å². The van der Waals surface area contributed by atoms with Gasteiger partial charge >= 0.3 is 5.97 Å². The van der Waals surface area contributed by atoms with Gasteiger partial charge in [-0.05, 0) is 55.7 Å². The number of carboxylic acid groups (broad SMARTS) is 1. The lowest BCUT2D eigenvalue weighted by molar-refractivity contribution is -0.138. The van der Waals surface area contributed by atoms with Crippen molar-refractivity contribution in [2.45, 2.75) is 39.5 Å². The van der Waals surface area contributed by atoms with Crippen LogP contribution in [0.1, 0.15) is 35.2 Å². The number of nitrogens with one attached hydrogen (secondary N) is 1. The number of benzene rings is 1. The fourth-order valence-electron chi connectivity index (χ4n) is 3.22. The van der Waals surface area contributed by atoms with E-state index in [2.05, 4.69) is 31.0 Å². The van der Waals surface area contributed by atoms with Gasteiger partial charge in [-0.1, -0.05) is 12.1 Å². The van der Waals surface area contributed by atoms with Crippen molar-refractivity contribution in [2.24, 2.45) is 5.92 Å². The number of fused-ring (bicyclic) bond motifs is 3. The lowest BCUT2D eigenvalue weighted by Gasteiger charge is -2.20. The van der Waals surface area contributed by atoms with Gasteiger partial charge in [-0.25, -0.2) is 0 Å². The highest BCUT2D eigenvalue weighted by Crippen LogP contribution is 2.34. The maximum Gasteiger partial charge on any atom is 0.303 e. The molecule has 0 fully saturated rings. The first-order valence-electron chi connectivity index (χ1n) is 6.87. The minimum atomic E-state index is -0.680. The van der Waals surface area contributed by atoms with Gasteiger partial charge in [0.1, 0.15) is 0 Å². The molecule has 0 saturated heterocycles. The zero-order valence-electron chi connectivity index (χ0n) is 11.4. The molecule has 3 heteroatoms. The predicted octanol–water partition coefficient (Wildman–Crippen LogP) is 3.36. The van der Waals surface area contributed by atoms with Crippen LogP contribution in [0.15, 0.2) is 12.1 Å². The van der Waals surface area contributed by atoms with Crippen molar-refractivity contribution in [1.82, 2.24) is 4.98 Å². The lowest BCUT2D eigenvalue weighted by atomic mass is 9.84. The first-order valence-corrected chi connectivity index (χ1v) is 6.87. The predicted molar refractivity (Wildman–Crippen MR) is 75.5 cm³/mol. The molecular weight excluding hydrogens is 238 g/mol. The van der Waals surface area contributed by atoms with Crippen molar-refractivity contribution in [3.05, 3.63) is 34.5 Å². The summed E-state index contributed by atoms with van der Waals surface area (Å²) in [5.41, 5.74) is 6.50. The summed E-state index contributed by atoms with van der Waals surface area (Å²) in [4.78, 5) is 14.4. The Morgan fingerprint density at radius 2 is 2.21 bits per heavy atom. The highest BCUT2D eigenvalue weighted by Gasteiger charge is 2.24. The second kappa shape index (κ2) is 4.41. The van der Waals surface area contributed by atoms with Crippen LogP contribution in [0.5, 0.6) is 0 Å². The number of aryl methyl sites for hydroxylation is 3. The van der Waals surface area contributed by atoms with Crippen LogP contribution in [0.2, 0.25) is 0 Å². The third kappa shape index (κ3) is 2.03. The van der Waals surface area contributed by atoms with Crippen molar-refractivity contribution in [3.8, 4) is 0 Å².